The highest BCUT2D eigenvalue weighted by atomic mass is 127. The average Bonchev–Trinajstić information content (AvgIpc) is 2.68. The van der Waals surface area contributed by atoms with Crippen molar-refractivity contribution >= 4 is 29.9 Å². The van der Waals surface area contributed by atoms with Crippen LogP contribution in [0.2, 0.25) is 0 Å². The number of hydrogen-bond donors (Lipinski definition) is 2. The molecule has 0 aliphatic heterocycles. The number of ether oxygens (including phenoxy) is 2. The van der Waals surface area contributed by atoms with Crippen LogP contribution in [-0.4, -0.2) is 32.6 Å². The van der Waals surface area contributed by atoms with Crippen LogP contribution in [0.25, 0.3) is 0 Å². The first-order valence-electron chi connectivity index (χ1n) is 8.77. The summed E-state index contributed by atoms with van der Waals surface area (Å²) in [5, 5.41) is 6.43. The Morgan fingerprint density at radius 2 is 1.79 bits per heavy atom. The summed E-state index contributed by atoms with van der Waals surface area (Å²) in [6, 6.07) is 14.9. The molecule has 154 valence electrons. The van der Waals surface area contributed by atoms with Crippen molar-refractivity contribution in [3.63, 3.8) is 0 Å². The van der Waals surface area contributed by atoms with E-state index < -0.39 is 13.0 Å². The number of nitrogens with zero attached hydrogens (tertiary/aromatic N) is 1. The maximum atomic E-state index is 12.3. The minimum absolute atomic E-state index is 0. The Morgan fingerprint density at radius 1 is 1.04 bits per heavy atom. The van der Waals surface area contributed by atoms with Crippen molar-refractivity contribution in [2.24, 2.45) is 4.99 Å². The van der Waals surface area contributed by atoms with Gasteiger partial charge in [0.1, 0.15) is 18.1 Å². The zero-order chi connectivity index (χ0) is 19.5. The van der Waals surface area contributed by atoms with E-state index in [1.165, 1.54) is 0 Å². The van der Waals surface area contributed by atoms with Gasteiger partial charge in [0.05, 0.1) is 6.61 Å². The molecule has 0 unspecified atom stereocenters. The Labute approximate surface area is 181 Å². The van der Waals surface area contributed by atoms with Crippen LogP contribution < -0.4 is 20.1 Å². The van der Waals surface area contributed by atoms with Gasteiger partial charge in [-0.2, -0.15) is 0 Å². The summed E-state index contributed by atoms with van der Waals surface area (Å²) in [7, 11) is 1.69. The summed E-state index contributed by atoms with van der Waals surface area (Å²) in [4.78, 5) is 4.20. The van der Waals surface area contributed by atoms with Gasteiger partial charge < -0.3 is 20.1 Å². The fourth-order valence-electron chi connectivity index (χ4n) is 2.44. The summed E-state index contributed by atoms with van der Waals surface area (Å²) in [6.45, 7) is 2.99. The van der Waals surface area contributed by atoms with E-state index in [-0.39, 0.29) is 24.0 Å². The summed E-state index contributed by atoms with van der Waals surface area (Å²) in [5.41, 5.74) is 1.93. The van der Waals surface area contributed by atoms with Gasteiger partial charge in [0.25, 0.3) is 6.43 Å². The van der Waals surface area contributed by atoms with Crippen molar-refractivity contribution in [1.29, 1.82) is 0 Å². The Hall–Kier alpha value is -2.10. The molecule has 2 rings (SSSR count). The zero-order valence-corrected chi connectivity index (χ0v) is 18.3. The molecule has 2 N–H and O–H groups in total. The third-order valence-electron chi connectivity index (χ3n) is 3.68. The molecule has 8 heteroatoms. The van der Waals surface area contributed by atoms with Crippen LogP contribution in [0.3, 0.4) is 0 Å². The Bertz CT molecular complexity index is 745. The normalized spacial score (nSPS) is 11.0. The van der Waals surface area contributed by atoms with Gasteiger partial charge in [0, 0.05) is 25.7 Å². The van der Waals surface area contributed by atoms with E-state index in [0.717, 1.165) is 16.9 Å². The second kappa shape index (κ2) is 13.1. The first-order valence-corrected chi connectivity index (χ1v) is 8.77. The third-order valence-corrected chi connectivity index (χ3v) is 3.68. The molecule has 0 atom stereocenters. The number of benzene rings is 2. The number of aliphatic imine (C=N–C) groups is 1. The van der Waals surface area contributed by atoms with Crippen molar-refractivity contribution in [1.82, 2.24) is 10.6 Å². The Morgan fingerprint density at radius 3 is 2.50 bits per heavy atom. The molecule has 0 heterocycles. The highest BCUT2D eigenvalue weighted by Gasteiger charge is 2.06. The molecule has 0 radical (unpaired) electrons. The first kappa shape index (κ1) is 23.9. The zero-order valence-electron chi connectivity index (χ0n) is 16.0. The van der Waals surface area contributed by atoms with Crippen molar-refractivity contribution in [2.75, 3.05) is 20.3 Å². The van der Waals surface area contributed by atoms with E-state index in [9.17, 15) is 8.78 Å². The van der Waals surface area contributed by atoms with Gasteiger partial charge in [-0.3, -0.25) is 4.99 Å². The van der Waals surface area contributed by atoms with Crippen molar-refractivity contribution in [3.8, 4) is 11.5 Å². The van der Waals surface area contributed by atoms with E-state index in [2.05, 4.69) is 15.6 Å². The van der Waals surface area contributed by atoms with Crippen LogP contribution in [-0.2, 0) is 13.1 Å². The molecule has 0 spiro atoms. The van der Waals surface area contributed by atoms with Gasteiger partial charge in [0.2, 0.25) is 0 Å². The first-order chi connectivity index (χ1) is 13.1. The van der Waals surface area contributed by atoms with Crippen LogP contribution >= 0.6 is 24.0 Å². The lowest BCUT2D eigenvalue weighted by molar-refractivity contribution is 0.0818. The fraction of sp³-hybridized carbons (Fsp3) is 0.350. The number of guanidine groups is 1. The van der Waals surface area contributed by atoms with Gasteiger partial charge >= 0.3 is 0 Å². The molecule has 0 amide bonds. The maximum Gasteiger partial charge on any atom is 0.272 e. The second-order valence-corrected chi connectivity index (χ2v) is 5.67. The van der Waals surface area contributed by atoms with E-state index >= 15 is 0 Å². The summed E-state index contributed by atoms with van der Waals surface area (Å²) in [5.74, 6) is 1.88. The lowest BCUT2D eigenvalue weighted by atomic mass is 10.2. The van der Waals surface area contributed by atoms with E-state index in [0.29, 0.717) is 31.4 Å². The lowest BCUT2D eigenvalue weighted by Gasteiger charge is -2.15. The van der Waals surface area contributed by atoms with Crippen LogP contribution in [0.1, 0.15) is 18.1 Å². The van der Waals surface area contributed by atoms with E-state index in [1.807, 2.05) is 37.3 Å². The monoisotopic (exact) mass is 505 g/mol. The van der Waals surface area contributed by atoms with Gasteiger partial charge in [0.15, 0.2) is 5.96 Å². The predicted molar refractivity (Wildman–Crippen MR) is 118 cm³/mol. The minimum atomic E-state index is -2.49. The number of nitrogens with one attached hydrogen (secondary N) is 2. The standard InChI is InChI=1S/C20H25F2N3O2.HI/c1-3-26-18-10-5-4-8-16(18)13-25-20(23-2)24-12-15-7-6-9-17(11-15)27-14-19(21)22;/h4-11,19H,3,12-14H2,1-2H3,(H2,23,24,25);1H. The number of halogens is 3. The van der Waals surface area contributed by atoms with Crippen molar-refractivity contribution in [3.05, 3.63) is 59.7 Å². The number of para-hydroxylation sites is 1. The molecule has 0 aliphatic carbocycles. The predicted octanol–water partition coefficient (Wildman–Crippen LogP) is 4.21. The molecule has 28 heavy (non-hydrogen) atoms. The molecule has 0 aromatic heterocycles. The van der Waals surface area contributed by atoms with Crippen LogP contribution in [0.4, 0.5) is 8.78 Å². The number of alkyl halides is 2. The van der Waals surface area contributed by atoms with Gasteiger partial charge in [-0.1, -0.05) is 30.3 Å². The van der Waals surface area contributed by atoms with Gasteiger partial charge in [-0.15, -0.1) is 24.0 Å². The van der Waals surface area contributed by atoms with E-state index in [1.54, 1.807) is 25.2 Å². The summed E-state index contributed by atoms with van der Waals surface area (Å²) in [6.07, 6.45) is -2.49. The van der Waals surface area contributed by atoms with Crippen LogP contribution in [0.5, 0.6) is 11.5 Å². The van der Waals surface area contributed by atoms with Crippen LogP contribution in [0.15, 0.2) is 53.5 Å². The molecule has 2 aromatic rings. The maximum absolute atomic E-state index is 12.3. The minimum Gasteiger partial charge on any atom is -0.494 e. The van der Waals surface area contributed by atoms with Crippen molar-refractivity contribution in [2.45, 2.75) is 26.4 Å². The van der Waals surface area contributed by atoms with Crippen LogP contribution in [0, 0.1) is 0 Å². The fourth-order valence-corrected chi connectivity index (χ4v) is 2.44. The smallest absolute Gasteiger partial charge is 0.272 e. The molecule has 0 saturated carbocycles. The second-order valence-electron chi connectivity index (χ2n) is 5.67. The molecule has 0 fully saturated rings. The number of rotatable bonds is 9. The highest BCUT2D eigenvalue weighted by molar-refractivity contribution is 14.0. The molecule has 0 bridgehead atoms. The largest absolute Gasteiger partial charge is 0.494 e. The molecule has 0 aliphatic rings. The third kappa shape index (κ3) is 8.28. The number of hydrogen-bond acceptors (Lipinski definition) is 3. The topological polar surface area (TPSA) is 54.9 Å². The van der Waals surface area contributed by atoms with Gasteiger partial charge in [-0.05, 0) is 30.7 Å². The van der Waals surface area contributed by atoms with E-state index in [4.69, 9.17) is 9.47 Å². The molecular weight excluding hydrogens is 479 g/mol. The molecule has 2 aromatic carbocycles. The highest BCUT2D eigenvalue weighted by Crippen LogP contribution is 2.17. The molecule has 0 saturated heterocycles. The summed E-state index contributed by atoms with van der Waals surface area (Å²) < 4.78 is 35.2. The lowest BCUT2D eigenvalue weighted by Crippen LogP contribution is -2.36. The molecule has 5 nitrogen and oxygen atoms in total. The van der Waals surface area contributed by atoms with Gasteiger partial charge in [-0.25, -0.2) is 8.78 Å². The average molecular weight is 505 g/mol. The Kier molecular flexibility index (Phi) is 11.2. The summed E-state index contributed by atoms with van der Waals surface area (Å²) >= 11 is 0. The quantitative estimate of drug-likeness (QED) is 0.305. The van der Waals surface area contributed by atoms with Crippen molar-refractivity contribution < 1.29 is 18.3 Å². The molecular formula is C20H26F2IN3O2. The SMILES string of the molecule is CCOc1ccccc1CNC(=NC)NCc1cccc(OCC(F)F)c1.I. The Balaban J connectivity index is 0.00000392.